The fourth-order valence-electron chi connectivity index (χ4n) is 4.64. The third kappa shape index (κ3) is 3.41. The summed E-state index contributed by atoms with van der Waals surface area (Å²) in [4.78, 5) is 0. The SMILES string of the molecule is [2H]c1c([2H])c([2H])c(-c2c3c([2H])c([2H])c([2H])c([2H])c3c(-c3c([2H])c([2H])c([2H])c(-c4c([2H])c([2H])c([2H])c5oc6c([2H])c([2H])c([2H])c([2H])c6c45)c3[2H])c3c([2H])c([2H])c([2H])c([2H])c23)c([2H])c1[2H]. The highest BCUT2D eigenvalue weighted by Gasteiger charge is 2.17. The molecule has 1 nitrogen and oxygen atoms in total. The molecule has 0 unspecified atom stereocenters. The van der Waals surface area contributed by atoms with Crippen molar-refractivity contribution in [2.45, 2.75) is 0 Å². The van der Waals surface area contributed by atoms with E-state index in [1.165, 1.54) is 0 Å². The molecule has 1 heteroatoms. The zero-order chi connectivity index (χ0) is 46.6. The van der Waals surface area contributed by atoms with E-state index < -0.39 is 222 Å². The number of benzene rings is 7. The predicted molar refractivity (Wildman–Crippen MR) is 165 cm³/mol. The summed E-state index contributed by atoms with van der Waals surface area (Å²) in [5.74, 6) is 0. The molecule has 1 aromatic heterocycles. The normalized spacial score (nSPS) is 20.2. The molecule has 0 atom stereocenters. The second kappa shape index (κ2) is 8.72. The monoisotopic (exact) mass is 520 g/mol. The molecule has 0 bridgehead atoms. The highest BCUT2D eigenvalue weighted by molar-refractivity contribution is 6.21. The number of fused-ring (bicyclic) bond motifs is 5. The van der Waals surface area contributed by atoms with Crippen molar-refractivity contribution in [3.63, 3.8) is 0 Å². The van der Waals surface area contributed by atoms with Crippen LogP contribution < -0.4 is 0 Å². The first-order valence-corrected chi connectivity index (χ1v) is 11.4. The quantitative estimate of drug-likeness (QED) is 0.211. The van der Waals surface area contributed by atoms with Crippen molar-refractivity contribution in [1.29, 1.82) is 0 Å². The molecule has 8 rings (SSSR count). The van der Waals surface area contributed by atoms with Gasteiger partial charge in [-0.3, -0.25) is 0 Å². The van der Waals surface area contributed by atoms with Crippen LogP contribution >= 0.6 is 0 Å². The van der Waals surface area contributed by atoms with Crippen LogP contribution in [0.3, 0.4) is 0 Å². The third-order valence-electron chi connectivity index (χ3n) is 6.20. The maximum atomic E-state index is 9.78. The first kappa shape index (κ1) is 8.69. The second-order valence-corrected chi connectivity index (χ2v) is 8.26. The van der Waals surface area contributed by atoms with E-state index in [-0.39, 0.29) is 0 Å². The van der Waals surface area contributed by atoms with Gasteiger partial charge in [0.25, 0.3) is 0 Å². The van der Waals surface area contributed by atoms with Crippen molar-refractivity contribution in [3.05, 3.63) is 145 Å². The van der Waals surface area contributed by atoms with Crippen molar-refractivity contribution >= 4 is 43.5 Å². The Morgan fingerprint density at radius 3 is 1.56 bits per heavy atom. The van der Waals surface area contributed by atoms with E-state index in [2.05, 4.69) is 0 Å². The molecule has 39 heavy (non-hydrogen) atoms. The Hall–Kier alpha value is -5.14. The van der Waals surface area contributed by atoms with Crippen LogP contribution in [-0.2, 0) is 0 Å². The van der Waals surface area contributed by atoms with E-state index in [1.807, 2.05) is 0 Å². The van der Waals surface area contributed by atoms with Crippen molar-refractivity contribution in [1.82, 2.24) is 0 Å². The van der Waals surface area contributed by atoms with Crippen LogP contribution in [-0.4, -0.2) is 0 Å². The zero-order valence-corrected chi connectivity index (χ0v) is 19.4. The molecule has 0 saturated heterocycles. The summed E-state index contributed by atoms with van der Waals surface area (Å²) < 4.78 is 218. The Morgan fingerprint density at radius 2 is 0.872 bits per heavy atom. The van der Waals surface area contributed by atoms with Crippen LogP contribution in [0, 0.1) is 0 Å². The van der Waals surface area contributed by atoms with Crippen LogP contribution in [0.1, 0.15) is 32.9 Å². The van der Waals surface area contributed by atoms with Gasteiger partial charge >= 0.3 is 0 Å². The minimum Gasteiger partial charge on any atom is -0.456 e. The summed E-state index contributed by atoms with van der Waals surface area (Å²) in [5.41, 5.74) is -5.44. The summed E-state index contributed by atoms with van der Waals surface area (Å²) in [5, 5.41) is -3.65. The first-order valence-electron chi connectivity index (χ1n) is 23.4. The summed E-state index contributed by atoms with van der Waals surface area (Å²) in [7, 11) is 0. The van der Waals surface area contributed by atoms with Gasteiger partial charge in [0.2, 0.25) is 0 Å². The Kier molecular flexibility index (Phi) is 1.94. The molecule has 1 heterocycles. The van der Waals surface area contributed by atoms with E-state index >= 15 is 0 Å². The van der Waals surface area contributed by atoms with E-state index in [1.54, 1.807) is 0 Å². The molecular weight excluding hydrogens is 472 g/mol. The van der Waals surface area contributed by atoms with Gasteiger partial charge in [-0.15, -0.1) is 0 Å². The topological polar surface area (TPSA) is 13.1 Å². The molecule has 0 fully saturated rings. The lowest BCUT2D eigenvalue weighted by atomic mass is 9.85. The van der Waals surface area contributed by atoms with Crippen LogP contribution in [0.2, 0.25) is 0 Å². The van der Waals surface area contributed by atoms with Gasteiger partial charge in [0.15, 0.2) is 0 Å². The molecule has 8 aromatic rings. The number of rotatable bonds is 3. The molecular formula is C38H24O. The smallest absolute Gasteiger partial charge is 0.136 e. The Labute approximate surface area is 260 Å². The van der Waals surface area contributed by atoms with E-state index in [4.69, 9.17) is 29.1 Å². The fourth-order valence-corrected chi connectivity index (χ4v) is 4.64. The van der Waals surface area contributed by atoms with Crippen molar-refractivity contribution in [2.24, 2.45) is 0 Å². The van der Waals surface area contributed by atoms with Crippen LogP contribution in [0.4, 0.5) is 0 Å². The van der Waals surface area contributed by atoms with Gasteiger partial charge in [-0.05, 0) is 73.1 Å². The molecule has 182 valence electrons. The maximum absolute atomic E-state index is 9.78. The van der Waals surface area contributed by atoms with Crippen molar-refractivity contribution in [3.8, 4) is 33.4 Å². The fraction of sp³-hybridized carbons (Fsp3) is 0. The summed E-state index contributed by atoms with van der Waals surface area (Å²) in [6.45, 7) is 0. The van der Waals surface area contributed by atoms with Gasteiger partial charge in [-0.2, -0.15) is 0 Å². The average Bonchev–Trinajstić information content (AvgIpc) is 3.66. The Morgan fingerprint density at radius 1 is 0.385 bits per heavy atom. The minimum atomic E-state index is -1.03. The van der Waals surface area contributed by atoms with Gasteiger partial charge in [0.1, 0.15) is 11.2 Å². The van der Waals surface area contributed by atoms with Gasteiger partial charge in [0.05, 0.1) is 32.9 Å². The average molecular weight is 521 g/mol. The van der Waals surface area contributed by atoms with Gasteiger partial charge in [-0.25, -0.2) is 0 Å². The summed E-state index contributed by atoms with van der Waals surface area (Å²) in [6.07, 6.45) is 0. The molecule has 0 aliphatic rings. The standard InChI is InChI=1S/C38H24O/c1-2-12-25(13-3-1)36-29-16-4-6-18-31(29)37(32-19-7-5-17-30(32)36)27-15-10-14-26(24-27)28-21-11-23-35-38(28)33-20-8-9-22-34(33)39-35/h1-24H/i1D,2D,3D,4D,5D,6D,7D,8D,9D,10D,11D,12D,13D,14D,15D,16D,17D,18D,19D,20D,21D,22D,23D,24D. The van der Waals surface area contributed by atoms with E-state index in [0.29, 0.717) is 0 Å². The molecule has 0 spiro atoms. The molecule has 0 amide bonds. The van der Waals surface area contributed by atoms with Gasteiger partial charge < -0.3 is 4.42 Å². The highest BCUT2D eigenvalue weighted by atomic mass is 16.3. The number of para-hydroxylation sites is 1. The molecule has 0 aliphatic heterocycles. The van der Waals surface area contributed by atoms with Crippen LogP contribution in [0.25, 0.3) is 76.9 Å². The van der Waals surface area contributed by atoms with E-state index in [9.17, 15) is 8.22 Å². The first-order chi connectivity index (χ1) is 29.3. The summed E-state index contributed by atoms with van der Waals surface area (Å²) in [6, 6.07) is -21.7. The number of hydrogen-bond donors (Lipinski definition) is 0. The van der Waals surface area contributed by atoms with Gasteiger partial charge in [0, 0.05) is 10.8 Å². The lowest BCUT2D eigenvalue weighted by Gasteiger charge is -2.18. The molecule has 0 saturated carbocycles. The van der Waals surface area contributed by atoms with Crippen molar-refractivity contribution in [2.75, 3.05) is 0 Å². The van der Waals surface area contributed by atoms with Crippen LogP contribution in [0.15, 0.2) is 149 Å². The summed E-state index contributed by atoms with van der Waals surface area (Å²) >= 11 is 0. The largest absolute Gasteiger partial charge is 0.456 e. The maximum Gasteiger partial charge on any atom is 0.136 e. The lowest BCUT2D eigenvalue weighted by molar-refractivity contribution is 0.669. The number of hydrogen-bond acceptors (Lipinski definition) is 1. The van der Waals surface area contributed by atoms with E-state index in [0.717, 1.165) is 0 Å². The molecule has 0 aliphatic carbocycles. The lowest BCUT2D eigenvalue weighted by Crippen LogP contribution is -1.91. The Bertz CT molecular complexity index is 3390. The highest BCUT2D eigenvalue weighted by Crippen LogP contribution is 2.44. The molecule has 7 aromatic carbocycles. The number of furan rings is 1. The van der Waals surface area contributed by atoms with Crippen molar-refractivity contribution < 1.29 is 37.3 Å². The second-order valence-electron chi connectivity index (χ2n) is 8.26. The van der Waals surface area contributed by atoms with Crippen LogP contribution in [0.5, 0.6) is 0 Å². The zero-order valence-electron chi connectivity index (χ0n) is 43.4. The Balaban J connectivity index is 1.73. The molecule has 0 N–H and O–H groups in total. The third-order valence-corrected chi connectivity index (χ3v) is 6.20. The molecule has 0 radical (unpaired) electrons. The van der Waals surface area contributed by atoms with Gasteiger partial charge in [-0.1, -0.05) is 127 Å². The predicted octanol–water partition coefficient (Wildman–Crippen LogP) is 10.9. The minimum absolute atomic E-state index is 0.433.